The Balaban J connectivity index is 1.38. The second-order valence-electron chi connectivity index (χ2n) is 6.96. The zero-order valence-corrected chi connectivity index (χ0v) is 16.5. The van der Waals surface area contributed by atoms with Crippen LogP contribution in [0.25, 0.3) is 10.7 Å². The molecule has 3 aromatic rings. The Labute approximate surface area is 171 Å². The van der Waals surface area contributed by atoms with E-state index in [2.05, 4.69) is 20.4 Å². The number of nitrogens with one attached hydrogen (secondary N) is 1. The quantitative estimate of drug-likeness (QED) is 0.645. The topological polar surface area (TPSA) is 114 Å². The van der Waals surface area contributed by atoms with Crippen LogP contribution >= 0.6 is 11.3 Å². The fraction of sp³-hybridized carbons (Fsp3) is 0.300. The van der Waals surface area contributed by atoms with Gasteiger partial charge in [-0.3, -0.25) is 14.5 Å². The summed E-state index contributed by atoms with van der Waals surface area (Å²) in [5, 5.41) is 8.85. The Bertz CT molecular complexity index is 1000. The summed E-state index contributed by atoms with van der Waals surface area (Å²) in [5.74, 6) is 0.250. The zero-order valence-electron chi connectivity index (χ0n) is 15.7. The lowest BCUT2D eigenvalue weighted by Gasteiger charge is -2.31. The first-order valence-electron chi connectivity index (χ1n) is 9.38. The minimum absolute atomic E-state index is 0.117. The van der Waals surface area contributed by atoms with Crippen molar-refractivity contribution in [2.24, 2.45) is 11.7 Å². The molecule has 8 nitrogen and oxygen atoms in total. The van der Waals surface area contributed by atoms with Gasteiger partial charge < -0.3 is 15.6 Å². The van der Waals surface area contributed by atoms with E-state index in [4.69, 9.17) is 10.3 Å². The van der Waals surface area contributed by atoms with Gasteiger partial charge in [0.2, 0.25) is 17.6 Å². The van der Waals surface area contributed by atoms with Gasteiger partial charge in [-0.05, 0) is 43.0 Å². The lowest BCUT2D eigenvalue weighted by atomic mass is 9.97. The minimum Gasteiger partial charge on any atom is -0.366 e. The van der Waals surface area contributed by atoms with Crippen LogP contribution in [-0.4, -0.2) is 39.9 Å². The van der Waals surface area contributed by atoms with Crippen LogP contribution < -0.4 is 11.1 Å². The van der Waals surface area contributed by atoms with Crippen LogP contribution in [0.2, 0.25) is 0 Å². The second kappa shape index (κ2) is 8.54. The summed E-state index contributed by atoms with van der Waals surface area (Å²) in [7, 11) is 0. The van der Waals surface area contributed by atoms with Crippen LogP contribution in [0.5, 0.6) is 0 Å². The lowest BCUT2D eigenvalue weighted by molar-refractivity contribution is -0.121. The highest BCUT2D eigenvalue weighted by Gasteiger charge is 2.27. The van der Waals surface area contributed by atoms with Crippen LogP contribution in [0.1, 0.15) is 29.1 Å². The van der Waals surface area contributed by atoms with Crippen LogP contribution in [0, 0.1) is 5.92 Å². The van der Waals surface area contributed by atoms with E-state index in [-0.39, 0.29) is 11.8 Å². The summed E-state index contributed by atoms with van der Waals surface area (Å²) in [6.07, 6.45) is 1.67. The molecule has 0 bridgehead atoms. The van der Waals surface area contributed by atoms with E-state index in [0.717, 1.165) is 24.3 Å². The summed E-state index contributed by atoms with van der Waals surface area (Å²) < 4.78 is 5.38. The van der Waals surface area contributed by atoms with Crippen molar-refractivity contribution in [1.82, 2.24) is 15.0 Å². The van der Waals surface area contributed by atoms with E-state index in [9.17, 15) is 9.59 Å². The van der Waals surface area contributed by atoms with Crippen molar-refractivity contribution in [3.63, 3.8) is 0 Å². The number of carbonyl (C=O) groups excluding carboxylic acids is 2. The van der Waals surface area contributed by atoms with Gasteiger partial charge >= 0.3 is 0 Å². The number of aromatic nitrogens is 2. The van der Waals surface area contributed by atoms with Crippen LogP contribution in [0.4, 0.5) is 5.69 Å². The van der Waals surface area contributed by atoms with Gasteiger partial charge in [0, 0.05) is 6.54 Å². The molecule has 1 aromatic carbocycles. The van der Waals surface area contributed by atoms with Crippen molar-refractivity contribution < 1.29 is 14.1 Å². The van der Waals surface area contributed by atoms with E-state index in [1.165, 1.54) is 0 Å². The molecule has 0 radical (unpaired) electrons. The molecule has 150 valence electrons. The molecule has 1 saturated heterocycles. The van der Waals surface area contributed by atoms with Gasteiger partial charge in [0.25, 0.3) is 5.91 Å². The molecule has 1 unspecified atom stereocenters. The Kier molecular flexibility index (Phi) is 5.68. The first-order valence-corrected chi connectivity index (χ1v) is 10.3. The summed E-state index contributed by atoms with van der Waals surface area (Å²) in [6.45, 7) is 1.94. The first-order chi connectivity index (χ1) is 14.1. The van der Waals surface area contributed by atoms with Crippen molar-refractivity contribution in [3.05, 3.63) is 53.2 Å². The highest BCUT2D eigenvalue weighted by Crippen LogP contribution is 2.24. The maximum absolute atomic E-state index is 12.8. The second-order valence-corrected chi connectivity index (χ2v) is 7.91. The van der Waals surface area contributed by atoms with Gasteiger partial charge in [-0.2, -0.15) is 4.98 Å². The molecule has 29 heavy (non-hydrogen) atoms. The standard InChI is InChI=1S/C20H21N5O3S/c21-18(26)14-6-1-2-7-15(14)22-20(27)13-5-3-9-25(11-13)12-17-23-19(24-28-17)16-8-4-10-29-16/h1-2,4,6-8,10,13H,3,5,9,11-12H2,(H2,21,26)(H,22,27). The van der Waals surface area contributed by atoms with Gasteiger partial charge in [0.05, 0.1) is 28.6 Å². The van der Waals surface area contributed by atoms with Gasteiger partial charge in [0.15, 0.2) is 0 Å². The van der Waals surface area contributed by atoms with Gasteiger partial charge in [0.1, 0.15) is 0 Å². The lowest BCUT2D eigenvalue weighted by Crippen LogP contribution is -2.40. The van der Waals surface area contributed by atoms with Crippen LogP contribution in [-0.2, 0) is 11.3 Å². The monoisotopic (exact) mass is 411 g/mol. The Morgan fingerprint density at radius 2 is 2.14 bits per heavy atom. The summed E-state index contributed by atoms with van der Waals surface area (Å²) in [4.78, 5) is 31.9. The molecule has 1 aliphatic heterocycles. The molecule has 1 atom stereocenters. The number of anilines is 1. The maximum Gasteiger partial charge on any atom is 0.250 e. The predicted molar refractivity (Wildman–Crippen MR) is 109 cm³/mol. The molecule has 2 amide bonds. The molecule has 3 heterocycles. The number of piperidine rings is 1. The third-order valence-electron chi connectivity index (χ3n) is 4.90. The molecule has 2 aromatic heterocycles. The summed E-state index contributed by atoms with van der Waals surface area (Å²) in [5.41, 5.74) is 6.14. The van der Waals surface area contributed by atoms with Crippen molar-refractivity contribution in [3.8, 4) is 10.7 Å². The average Bonchev–Trinajstić information content (AvgIpc) is 3.40. The molecule has 0 aliphatic carbocycles. The molecule has 9 heteroatoms. The molecular weight excluding hydrogens is 390 g/mol. The van der Waals surface area contributed by atoms with Crippen molar-refractivity contribution in [2.75, 3.05) is 18.4 Å². The van der Waals surface area contributed by atoms with E-state index in [1.807, 2.05) is 17.5 Å². The number of amides is 2. The molecule has 0 spiro atoms. The fourth-order valence-corrected chi connectivity index (χ4v) is 4.12. The number of para-hydroxylation sites is 1. The van der Waals surface area contributed by atoms with E-state index in [0.29, 0.717) is 36.1 Å². The molecule has 3 N–H and O–H groups in total. The van der Waals surface area contributed by atoms with E-state index >= 15 is 0 Å². The zero-order chi connectivity index (χ0) is 20.2. The number of carbonyl (C=O) groups is 2. The van der Waals surface area contributed by atoms with Crippen molar-refractivity contribution in [2.45, 2.75) is 19.4 Å². The number of thiophene rings is 1. The fourth-order valence-electron chi connectivity index (χ4n) is 3.47. The van der Waals surface area contributed by atoms with Gasteiger partial charge in [-0.25, -0.2) is 0 Å². The summed E-state index contributed by atoms with van der Waals surface area (Å²) >= 11 is 1.56. The van der Waals surface area contributed by atoms with Gasteiger partial charge in [-0.1, -0.05) is 23.4 Å². The highest BCUT2D eigenvalue weighted by molar-refractivity contribution is 7.13. The Hall–Kier alpha value is -3.04. The van der Waals surface area contributed by atoms with Gasteiger partial charge in [-0.15, -0.1) is 11.3 Å². The number of nitrogens with two attached hydrogens (primary N) is 1. The number of likely N-dealkylation sites (tertiary alicyclic amines) is 1. The smallest absolute Gasteiger partial charge is 0.250 e. The third-order valence-corrected chi connectivity index (χ3v) is 5.76. The van der Waals surface area contributed by atoms with Crippen LogP contribution in [0.3, 0.4) is 0 Å². The van der Waals surface area contributed by atoms with Crippen molar-refractivity contribution >= 4 is 28.8 Å². The number of primary amides is 1. The number of benzene rings is 1. The molecule has 1 fully saturated rings. The van der Waals surface area contributed by atoms with Crippen LogP contribution in [0.15, 0.2) is 46.3 Å². The third kappa shape index (κ3) is 4.52. The molecule has 0 saturated carbocycles. The number of hydrogen-bond donors (Lipinski definition) is 2. The van der Waals surface area contributed by atoms with E-state index in [1.54, 1.807) is 35.6 Å². The predicted octanol–water partition coefficient (Wildman–Crippen LogP) is 2.75. The molecular formula is C20H21N5O3S. The first kappa shape index (κ1) is 19.3. The number of hydrogen-bond acceptors (Lipinski definition) is 7. The number of rotatable bonds is 6. The van der Waals surface area contributed by atoms with E-state index < -0.39 is 5.91 Å². The maximum atomic E-state index is 12.8. The SMILES string of the molecule is NC(=O)c1ccccc1NC(=O)C1CCCN(Cc2nc(-c3cccs3)no2)C1. The normalized spacial score (nSPS) is 17.2. The molecule has 4 rings (SSSR count). The molecule has 1 aliphatic rings. The average molecular weight is 411 g/mol. The van der Waals surface area contributed by atoms with Crippen molar-refractivity contribution in [1.29, 1.82) is 0 Å². The Morgan fingerprint density at radius 1 is 1.28 bits per heavy atom. The highest BCUT2D eigenvalue weighted by atomic mass is 32.1. The number of nitrogens with zero attached hydrogens (tertiary/aromatic N) is 3. The minimum atomic E-state index is -0.566. The largest absolute Gasteiger partial charge is 0.366 e. The Morgan fingerprint density at radius 3 is 2.93 bits per heavy atom. The summed E-state index contributed by atoms with van der Waals surface area (Å²) in [6, 6.07) is 10.7.